The van der Waals surface area contributed by atoms with Crippen molar-refractivity contribution < 1.29 is 23.2 Å². The summed E-state index contributed by atoms with van der Waals surface area (Å²) in [6.45, 7) is 9.87. The number of carbonyl (C=O) groups is 3. The van der Waals surface area contributed by atoms with E-state index in [0.717, 1.165) is 47.8 Å². The van der Waals surface area contributed by atoms with Crippen LogP contribution >= 0.6 is 0 Å². The smallest absolute Gasteiger partial charge is 0.232 e. The van der Waals surface area contributed by atoms with Gasteiger partial charge < -0.3 is 9.88 Å². The average Bonchev–Trinajstić information content (AvgIpc) is 3.67. The number of rotatable bonds is 10. The lowest BCUT2D eigenvalue weighted by Gasteiger charge is -2.39. The standard InChI is InChI=1S/C35H41F2N3O3/c1-22-14-32(42)40(34(22)43)21-31(41)28(15-24-12-13-38-18-24)33(35(2,3)4)30-16-25(27-17-26(36)10-11-29(27)37)20-39(30)19-23-8-6-5-7-9-23/h5-11,16-17,20,22,24,28,33,38H,12-15,18-19,21H2,1-4H3. The highest BCUT2D eigenvalue weighted by Crippen LogP contribution is 2.46. The van der Waals surface area contributed by atoms with Crippen LogP contribution < -0.4 is 5.32 Å². The van der Waals surface area contributed by atoms with Gasteiger partial charge in [-0.05, 0) is 67.1 Å². The molecular formula is C35H41F2N3O3. The molecule has 228 valence electrons. The van der Waals surface area contributed by atoms with Gasteiger partial charge in [0.25, 0.3) is 0 Å². The van der Waals surface area contributed by atoms with Crippen molar-refractivity contribution in [3.8, 4) is 11.1 Å². The minimum atomic E-state index is -0.530. The zero-order chi connectivity index (χ0) is 30.9. The topological polar surface area (TPSA) is 71.4 Å². The summed E-state index contributed by atoms with van der Waals surface area (Å²) >= 11 is 0. The molecule has 2 aliphatic rings. The van der Waals surface area contributed by atoms with Crippen molar-refractivity contribution in [3.05, 3.63) is 83.7 Å². The highest BCUT2D eigenvalue weighted by atomic mass is 19.1. The van der Waals surface area contributed by atoms with Gasteiger partial charge in [0, 0.05) is 53.7 Å². The van der Waals surface area contributed by atoms with Gasteiger partial charge in [-0.3, -0.25) is 19.3 Å². The molecule has 2 aromatic carbocycles. The summed E-state index contributed by atoms with van der Waals surface area (Å²) in [5.74, 6) is -2.81. The summed E-state index contributed by atoms with van der Waals surface area (Å²) in [6, 6.07) is 15.2. The second kappa shape index (κ2) is 12.5. The van der Waals surface area contributed by atoms with E-state index >= 15 is 4.39 Å². The lowest BCUT2D eigenvalue weighted by Crippen LogP contribution is -2.42. The Morgan fingerprint density at radius 2 is 1.81 bits per heavy atom. The zero-order valence-corrected chi connectivity index (χ0v) is 25.4. The van der Waals surface area contributed by atoms with Crippen LogP contribution in [0.25, 0.3) is 11.1 Å². The van der Waals surface area contributed by atoms with Crippen molar-refractivity contribution in [1.82, 2.24) is 14.8 Å². The van der Waals surface area contributed by atoms with E-state index in [9.17, 15) is 18.8 Å². The van der Waals surface area contributed by atoms with E-state index in [1.165, 1.54) is 6.07 Å². The van der Waals surface area contributed by atoms with Gasteiger partial charge in [-0.2, -0.15) is 0 Å². The van der Waals surface area contributed by atoms with Gasteiger partial charge >= 0.3 is 0 Å². The number of halogens is 2. The van der Waals surface area contributed by atoms with Gasteiger partial charge in [0.1, 0.15) is 11.6 Å². The number of nitrogens with zero attached hydrogens (tertiary/aromatic N) is 2. The summed E-state index contributed by atoms with van der Waals surface area (Å²) in [6.07, 6.45) is 3.49. The first-order valence-corrected chi connectivity index (χ1v) is 15.2. The molecule has 3 heterocycles. The largest absolute Gasteiger partial charge is 0.346 e. The van der Waals surface area contributed by atoms with E-state index in [4.69, 9.17) is 0 Å². The maximum Gasteiger partial charge on any atom is 0.232 e. The third kappa shape index (κ3) is 6.80. The molecule has 6 nitrogen and oxygen atoms in total. The van der Waals surface area contributed by atoms with Crippen molar-refractivity contribution in [2.75, 3.05) is 19.6 Å². The number of carbonyl (C=O) groups excluding carboxylic acids is 3. The first-order chi connectivity index (χ1) is 20.4. The molecule has 0 saturated carbocycles. The number of likely N-dealkylation sites (tertiary alicyclic amines) is 1. The number of nitrogens with one attached hydrogen (secondary N) is 1. The molecule has 0 aliphatic carbocycles. The van der Waals surface area contributed by atoms with E-state index in [1.54, 1.807) is 6.92 Å². The number of ketones is 1. The number of aromatic nitrogens is 1. The van der Waals surface area contributed by atoms with Crippen molar-refractivity contribution in [2.45, 2.75) is 59.4 Å². The third-order valence-corrected chi connectivity index (χ3v) is 8.97. The van der Waals surface area contributed by atoms with Crippen molar-refractivity contribution in [3.63, 3.8) is 0 Å². The molecule has 0 bridgehead atoms. The molecular weight excluding hydrogens is 548 g/mol. The van der Waals surface area contributed by atoms with Crippen LogP contribution in [0, 0.1) is 34.8 Å². The Hall–Kier alpha value is -3.65. The Morgan fingerprint density at radius 3 is 2.44 bits per heavy atom. The number of Topliss-reactive ketones (excluding diaryl/α,β-unsaturated/α-hetero) is 1. The number of amides is 2. The predicted octanol–water partition coefficient (Wildman–Crippen LogP) is 6.19. The van der Waals surface area contributed by atoms with Gasteiger partial charge in [-0.15, -0.1) is 0 Å². The van der Waals surface area contributed by atoms with E-state index in [0.29, 0.717) is 18.5 Å². The zero-order valence-electron chi connectivity index (χ0n) is 25.4. The molecule has 0 spiro atoms. The van der Waals surface area contributed by atoms with Crippen LogP contribution in [-0.4, -0.2) is 46.7 Å². The number of benzene rings is 2. The molecule has 5 rings (SSSR count). The van der Waals surface area contributed by atoms with Crippen LogP contribution in [0.5, 0.6) is 0 Å². The molecule has 1 N–H and O–H groups in total. The highest BCUT2D eigenvalue weighted by molar-refractivity contribution is 6.06. The number of imide groups is 1. The summed E-state index contributed by atoms with van der Waals surface area (Å²) in [4.78, 5) is 40.9. The molecule has 4 atom stereocenters. The Labute approximate surface area is 252 Å². The summed E-state index contributed by atoms with van der Waals surface area (Å²) in [5, 5.41) is 3.40. The summed E-state index contributed by atoms with van der Waals surface area (Å²) < 4.78 is 31.4. The van der Waals surface area contributed by atoms with Gasteiger partial charge in [0.2, 0.25) is 11.8 Å². The Bertz CT molecular complexity index is 1490. The first-order valence-electron chi connectivity index (χ1n) is 15.2. The van der Waals surface area contributed by atoms with Crippen molar-refractivity contribution >= 4 is 17.6 Å². The van der Waals surface area contributed by atoms with Crippen LogP contribution in [0.1, 0.15) is 64.1 Å². The molecule has 2 aliphatic heterocycles. The lowest BCUT2D eigenvalue weighted by molar-refractivity contribution is -0.144. The SMILES string of the molecule is CC1CC(=O)N(CC(=O)C(CC2CCNC2)C(c2cc(-c3cc(F)ccc3F)cn2Cc2ccccc2)C(C)(C)C)C1=O. The highest BCUT2D eigenvalue weighted by Gasteiger charge is 2.44. The van der Waals surface area contributed by atoms with Gasteiger partial charge in [0.05, 0.1) is 6.54 Å². The molecule has 4 unspecified atom stereocenters. The molecule has 2 fully saturated rings. The fourth-order valence-corrected chi connectivity index (χ4v) is 6.84. The number of hydrogen-bond donors (Lipinski definition) is 1. The monoisotopic (exact) mass is 589 g/mol. The third-order valence-electron chi connectivity index (χ3n) is 8.97. The van der Waals surface area contributed by atoms with E-state index in [1.807, 2.05) is 47.2 Å². The van der Waals surface area contributed by atoms with E-state index < -0.39 is 28.9 Å². The van der Waals surface area contributed by atoms with Crippen LogP contribution in [0.4, 0.5) is 8.78 Å². The van der Waals surface area contributed by atoms with Crippen LogP contribution in [0.15, 0.2) is 60.8 Å². The minimum Gasteiger partial charge on any atom is -0.346 e. The molecule has 8 heteroatoms. The summed E-state index contributed by atoms with van der Waals surface area (Å²) in [5.41, 5.74) is 2.13. The summed E-state index contributed by atoms with van der Waals surface area (Å²) in [7, 11) is 0. The van der Waals surface area contributed by atoms with Gasteiger partial charge in [-0.25, -0.2) is 8.78 Å². The van der Waals surface area contributed by atoms with Crippen LogP contribution in [0.2, 0.25) is 0 Å². The molecule has 0 radical (unpaired) electrons. The minimum absolute atomic E-state index is 0.120. The average molecular weight is 590 g/mol. The first kappa shape index (κ1) is 30.8. The lowest BCUT2D eigenvalue weighted by atomic mass is 9.67. The fourth-order valence-electron chi connectivity index (χ4n) is 6.84. The normalized spacial score (nSPS) is 20.6. The molecule has 2 saturated heterocycles. The van der Waals surface area contributed by atoms with E-state index in [2.05, 4.69) is 26.1 Å². The van der Waals surface area contributed by atoms with Crippen LogP contribution in [0.3, 0.4) is 0 Å². The molecule has 2 amide bonds. The fraction of sp³-hybridized carbons (Fsp3) is 0.457. The Kier molecular flexibility index (Phi) is 8.97. The van der Waals surface area contributed by atoms with Gasteiger partial charge in [0.15, 0.2) is 5.78 Å². The Balaban J connectivity index is 1.62. The Morgan fingerprint density at radius 1 is 1.07 bits per heavy atom. The molecule has 3 aromatic rings. The maximum absolute atomic E-state index is 15.0. The quantitative estimate of drug-likeness (QED) is 0.286. The number of hydrogen-bond acceptors (Lipinski definition) is 4. The predicted molar refractivity (Wildman–Crippen MR) is 162 cm³/mol. The van der Waals surface area contributed by atoms with Crippen molar-refractivity contribution in [2.24, 2.45) is 23.2 Å². The maximum atomic E-state index is 15.0. The molecule has 43 heavy (non-hydrogen) atoms. The second-order valence-electron chi connectivity index (χ2n) is 13.3. The van der Waals surface area contributed by atoms with Crippen molar-refractivity contribution in [1.29, 1.82) is 0 Å². The van der Waals surface area contributed by atoms with Crippen LogP contribution in [-0.2, 0) is 20.9 Å². The second-order valence-corrected chi connectivity index (χ2v) is 13.3. The van der Waals surface area contributed by atoms with E-state index in [-0.39, 0.29) is 48.0 Å². The molecule has 1 aromatic heterocycles. The van der Waals surface area contributed by atoms with Gasteiger partial charge in [-0.1, -0.05) is 58.0 Å².